The van der Waals surface area contributed by atoms with Crippen LogP contribution in [0.5, 0.6) is 11.5 Å². The van der Waals surface area contributed by atoms with Crippen molar-refractivity contribution in [1.29, 1.82) is 0 Å². The molecule has 4 rings (SSSR count). The second-order valence-corrected chi connectivity index (χ2v) is 7.60. The summed E-state index contributed by atoms with van der Waals surface area (Å²) in [5.74, 6) is 1.10. The van der Waals surface area contributed by atoms with Gasteiger partial charge in [0.15, 0.2) is 6.61 Å². The van der Waals surface area contributed by atoms with Crippen molar-refractivity contribution in [3.8, 4) is 22.6 Å². The van der Waals surface area contributed by atoms with Gasteiger partial charge in [-0.3, -0.25) is 9.69 Å². The van der Waals surface area contributed by atoms with Gasteiger partial charge in [-0.25, -0.2) is 4.79 Å². The summed E-state index contributed by atoms with van der Waals surface area (Å²) < 4.78 is 16.3. The Bertz CT molecular complexity index is 1130. The Morgan fingerprint density at radius 1 is 1.03 bits per heavy atom. The molecule has 1 aliphatic heterocycles. The zero-order valence-corrected chi connectivity index (χ0v) is 18.0. The molecule has 1 aromatic heterocycles. The third kappa shape index (κ3) is 4.92. The monoisotopic (exact) mass is 438 g/mol. The molecular weight excluding hydrogens is 412 g/mol. The van der Waals surface area contributed by atoms with Crippen molar-refractivity contribution in [3.63, 3.8) is 0 Å². The summed E-state index contributed by atoms with van der Waals surface area (Å²) >= 11 is 0. The molecule has 8 nitrogen and oxygen atoms in total. The summed E-state index contributed by atoms with van der Waals surface area (Å²) in [6.45, 7) is 3.35. The minimum atomic E-state index is -0.461. The lowest BCUT2D eigenvalue weighted by Gasteiger charge is -2.34. The van der Waals surface area contributed by atoms with Gasteiger partial charge in [0.1, 0.15) is 17.1 Å². The van der Waals surface area contributed by atoms with Crippen LogP contribution in [0, 0.1) is 0 Å². The van der Waals surface area contributed by atoms with Crippen LogP contribution in [0.2, 0.25) is 0 Å². The molecule has 0 spiro atoms. The number of hydrogen-bond donors (Lipinski definition) is 1. The first-order chi connectivity index (χ1) is 15.6. The van der Waals surface area contributed by atoms with Crippen LogP contribution in [0.25, 0.3) is 22.1 Å². The maximum absolute atomic E-state index is 12.5. The summed E-state index contributed by atoms with van der Waals surface area (Å²) in [5, 5.41) is 9.80. The SMILES string of the molecule is COc1ccc(-c2cc(=O)oc3cc(OCC(=O)N4CCN(CCO)CC4)ccc23)cc1. The van der Waals surface area contributed by atoms with Gasteiger partial charge in [0.25, 0.3) is 5.91 Å². The Kier molecular flexibility index (Phi) is 6.72. The Morgan fingerprint density at radius 3 is 2.44 bits per heavy atom. The van der Waals surface area contributed by atoms with E-state index in [0.29, 0.717) is 31.0 Å². The Balaban J connectivity index is 1.47. The van der Waals surface area contributed by atoms with Gasteiger partial charge in [0.05, 0.1) is 13.7 Å². The first-order valence-corrected chi connectivity index (χ1v) is 10.5. The number of amides is 1. The van der Waals surface area contributed by atoms with Gasteiger partial charge in [-0.2, -0.15) is 0 Å². The van der Waals surface area contributed by atoms with Crippen LogP contribution in [-0.2, 0) is 4.79 Å². The standard InChI is InChI=1S/C24H26N2O6/c1-30-18-4-2-17(3-5-18)21-15-24(29)32-22-14-19(6-7-20(21)22)31-16-23(28)26-10-8-25(9-11-26)12-13-27/h2-7,14-15,27H,8-13,16H2,1H3. The third-order valence-corrected chi connectivity index (χ3v) is 5.62. The molecule has 168 valence electrons. The van der Waals surface area contributed by atoms with Gasteiger partial charge in [-0.05, 0) is 35.4 Å². The number of benzene rings is 2. The van der Waals surface area contributed by atoms with Crippen LogP contribution in [-0.4, -0.2) is 73.9 Å². The number of piperazine rings is 1. The summed E-state index contributed by atoms with van der Waals surface area (Å²) in [6, 6.07) is 14.1. The highest BCUT2D eigenvalue weighted by Crippen LogP contribution is 2.30. The fraction of sp³-hybridized carbons (Fsp3) is 0.333. The van der Waals surface area contributed by atoms with E-state index >= 15 is 0 Å². The molecule has 1 saturated heterocycles. The number of nitrogens with zero attached hydrogens (tertiary/aromatic N) is 2. The molecule has 0 bridgehead atoms. The maximum atomic E-state index is 12.5. The van der Waals surface area contributed by atoms with E-state index in [2.05, 4.69) is 4.90 Å². The molecule has 1 aliphatic rings. The number of ether oxygens (including phenoxy) is 2. The van der Waals surface area contributed by atoms with Crippen LogP contribution in [0.15, 0.2) is 57.7 Å². The fourth-order valence-electron chi connectivity index (χ4n) is 3.84. The predicted octanol–water partition coefficient (Wildman–Crippen LogP) is 1.98. The third-order valence-electron chi connectivity index (χ3n) is 5.62. The van der Waals surface area contributed by atoms with Crippen LogP contribution in [0.3, 0.4) is 0 Å². The molecule has 2 heterocycles. The number of carbonyl (C=O) groups is 1. The largest absolute Gasteiger partial charge is 0.497 e. The van der Waals surface area contributed by atoms with Gasteiger partial charge in [0, 0.05) is 50.2 Å². The van der Waals surface area contributed by atoms with Crippen molar-refractivity contribution in [2.45, 2.75) is 0 Å². The molecule has 0 aliphatic carbocycles. The molecule has 0 unspecified atom stereocenters. The number of aliphatic hydroxyl groups is 1. The van der Waals surface area contributed by atoms with Crippen molar-refractivity contribution >= 4 is 16.9 Å². The summed E-state index contributed by atoms with van der Waals surface area (Å²) in [4.78, 5) is 28.5. The van der Waals surface area contributed by atoms with E-state index in [1.54, 1.807) is 24.1 Å². The molecular formula is C24H26N2O6. The average Bonchev–Trinajstić information content (AvgIpc) is 2.82. The molecule has 1 N–H and O–H groups in total. The average molecular weight is 438 g/mol. The van der Waals surface area contributed by atoms with Crippen LogP contribution in [0.1, 0.15) is 0 Å². The second kappa shape index (κ2) is 9.84. The predicted molar refractivity (Wildman–Crippen MR) is 120 cm³/mol. The van der Waals surface area contributed by atoms with Crippen molar-refractivity contribution in [3.05, 3.63) is 59.0 Å². The Labute approximate surface area is 185 Å². The van der Waals surface area contributed by atoms with Gasteiger partial charge < -0.3 is 23.9 Å². The van der Waals surface area contributed by atoms with Gasteiger partial charge >= 0.3 is 5.63 Å². The quantitative estimate of drug-likeness (QED) is 0.564. The number of rotatable bonds is 7. The number of hydrogen-bond acceptors (Lipinski definition) is 7. The van der Waals surface area contributed by atoms with Crippen LogP contribution in [0.4, 0.5) is 0 Å². The highest BCUT2D eigenvalue weighted by atomic mass is 16.5. The van der Waals surface area contributed by atoms with Gasteiger partial charge in [-0.15, -0.1) is 0 Å². The van der Waals surface area contributed by atoms with E-state index in [1.807, 2.05) is 30.3 Å². The molecule has 8 heteroatoms. The topological polar surface area (TPSA) is 92.5 Å². The molecule has 0 atom stereocenters. The number of aliphatic hydroxyl groups excluding tert-OH is 1. The summed E-state index contributed by atoms with van der Waals surface area (Å²) in [6.07, 6.45) is 0. The summed E-state index contributed by atoms with van der Waals surface area (Å²) in [5.41, 5.74) is 1.55. The Morgan fingerprint density at radius 2 is 1.75 bits per heavy atom. The lowest BCUT2D eigenvalue weighted by molar-refractivity contribution is -0.135. The first-order valence-electron chi connectivity index (χ1n) is 10.5. The normalized spacial score (nSPS) is 14.5. The minimum absolute atomic E-state index is 0.0894. The molecule has 3 aromatic rings. The molecule has 32 heavy (non-hydrogen) atoms. The van der Waals surface area contributed by atoms with Crippen LogP contribution < -0.4 is 15.1 Å². The molecule has 0 saturated carbocycles. The van der Waals surface area contributed by atoms with E-state index in [0.717, 1.165) is 35.4 Å². The Hall–Kier alpha value is -3.36. The number of methoxy groups -OCH3 is 1. The minimum Gasteiger partial charge on any atom is -0.497 e. The van der Waals surface area contributed by atoms with Crippen molar-refractivity contribution in [2.75, 3.05) is 53.0 Å². The van der Waals surface area contributed by atoms with E-state index in [-0.39, 0.29) is 19.1 Å². The van der Waals surface area contributed by atoms with Gasteiger partial charge in [0.2, 0.25) is 0 Å². The zero-order valence-electron chi connectivity index (χ0n) is 18.0. The molecule has 2 aromatic carbocycles. The van der Waals surface area contributed by atoms with E-state index in [9.17, 15) is 9.59 Å². The maximum Gasteiger partial charge on any atom is 0.336 e. The van der Waals surface area contributed by atoms with E-state index < -0.39 is 5.63 Å². The van der Waals surface area contributed by atoms with Crippen molar-refractivity contribution in [1.82, 2.24) is 9.80 Å². The molecule has 0 radical (unpaired) electrons. The molecule has 1 fully saturated rings. The first kappa shape index (κ1) is 21.9. The van der Waals surface area contributed by atoms with Gasteiger partial charge in [-0.1, -0.05) is 12.1 Å². The lowest BCUT2D eigenvalue weighted by Crippen LogP contribution is -2.50. The number of carbonyl (C=O) groups excluding carboxylic acids is 1. The second-order valence-electron chi connectivity index (χ2n) is 7.60. The zero-order chi connectivity index (χ0) is 22.5. The molecule has 1 amide bonds. The van der Waals surface area contributed by atoms with Crippen molar-refractivity contribution in [2.24, 2.45) is 0 Å². The lowest BCUT2D eigenvalue weighted by atomic mass is 10.0. The van der Waals surface area contributed by atoms with Crippen molar-refractivity contribution < 1.29 is 23.8 Å². The fourth-order valence-corrected chi connectivity index (χ4v) is 3.84. The van der Waals surface area contributed by atoms with E-state index in [4.69, 9.17) is 19.0 Å². The smallest absolute Gasteiger partial charge is 0.336 e. The highest BCUT2D eigenvalue weighted by Gasteiger charge is 2.21. The highest BCUT2D eigenvalue weighted by molar-refractivity contribution is 5.93. The van der Waals surface area contributed by atoms with E-state index in [1.165, 1.54) is 6.07 Å². The summed E-state index contributed by atoms with van der Waals surface area (Å²) in [7, 11) is 1.60. The number of fused-ring (bicyclic) bond motifs is 1. The number of β-amino-alcohol motifs (C(OH)–C–C–N with tert-alkyl or cyclic N) is 1. The van der Waals surface area contributed by atoms with Crippen LogP contribution >= 0.6 is 0 Å².